The number of esters is 2. The molecule has 3 aliphatic carbocycles. The van der Waals surface area contributed by atoms with Gasteiger partial charge in [-0.3, -0.25) is 0 Å². The third-order valence-corrected chi connectivity index (χ3v) is 9.53. The van der Waals surface area contributed by atoms with E-state index in [1.54, 1.807) is 25.4 Å². The zero-order chi connectivity index (χ0) is 29.3. The number of nitrogens with one attached hydrogen (secondary N) is 2. The lowest BCUT2D eigenvalue weighted by molar-refractivity contribution is -0.165. The molecule has 1 aromatic heterocycles. The number of rotatable bonds is 6. The Hall–Kier alpha value is -2.46. The number of aromatic amines is 1. The number of carbonyl (C=O) groups excluding carboxylic acids is 2. The monoisotopic (exact) mass is 570 g/mol. The van der Waals surface area contributed by atoms with E-state index in [9.17, 15) is 14.7 Å². The molecule has 6 rings (SSSR count). The molecule has 0 bridgehead atoms. The lowest BCUT2D eigenvalue weighted by atomic mass is 9.75. The molecule has 9 nitrogen and oxygen atoms in total. The second-order valence-corrected chi connectivity index (χ2v) is 12.5. The number of epoxide rings is 1. The summed E-state index contributed by atoms with van der Waals surface area (Å²) in [5.41, 5.74) is 1.47. The van der Waals surface area contributed by atoms with Gasteiger partial charge in [-0.25, -0.2) is 9.59 Å². The maximum Gasteiger partial charge on any atom is 0.355 e. The van der Waals surface area contributed by atoms with Crippen molar-refractivity contribution >= 4 is 11.9 Å². The smallest absolute Gasteiger partial charge is 0.355 e. The molecule has 9 heteroatoms. The van der Waals surface area contributed by atoms with Crippen molar-refractivity contribution in [3.63, 3.8) is 0 Å². The Balaban J connectivity index is 0.000000191. The summed E-state index contributed by atoms with van der Waals surface area (Å²) in [6.45, 7) is 8.33. The van der Waals surface area contributed by atoms with Crippen LogP contribution in [0, 0.1) is 17.8 Å². The maximum atomic E-state index is 12.8. The van der Waals surface area contributed by atoms with Crippen molar-refractivity contribution in [3.05, 3.63) is 47.8 Å². The highest BCUT2D eigenvalue weighted by Gasteiger charge is 2.63. The summed E-state index contributed by atoms with van der Waals surface area (Å²) in [6.07, 6.45) is 12.7. The van der Waals surface area contributed by atoms with Gasteiger partial charge in [0, 0.05) is 43.1 Å². The van der Waals surface area contributed by atoms with Gasteiger partial charge in [0.25, 0.3) is 0 Å². The Bertz CT molecular complexity index is 1130. The standard InChI is InChI=1S/C21H31NO4.C11H15NO3/c1-12-10-13(2)21-15(6-5-7-18(21)26-21)11-17(24-4)20(23)25-19(12)14(3)22-16-8-9-16;1-7-9(13)4-5-10(7)15-11(14)8-3-2-6-12-8/h5-6,10,12,14-19,22H,7-9,11H2,1-4H3;2-3,6-7,9-10,12-13H,4-5H2,1H3/b13-10+;/t12?,14?,15?,17-,18-,19?,21?;7-,9?,10+/m01/s1. The van der Waals surface area contributed by atoms with Crippen LogP contribution in [-0.2, 0) is 23.7 Å². The predicted octanol–water partition coefficient (Wildman–Crippen LogP) is 4.08. The van der Waals surface area contributed by atoms with Crippen LogP contribution in [0.5, 0.6) is 0 Å². The summed E-state index contributed by atoms with van der Waals surface area (Å²) in [5.74, 6) is -0.301. The number of aliphatic hydroxyl groups is 1. The second kappa shape index (κ2) is 12.4. The average molecular weight is 571 g/mol. The van der Waals surface area contributed by atoms with Crippen molar-refractivity contribution < 1.29 is 33.6 Å². The van der Waals surface area contributed by atoms with Crippen molar-refractivity contribution in [1.29, 1.82) is 0 Å². The molecular weight excluding hydrogens is 524 g/mol. The van der Waals surface area contributed by atoms with E-state index in [1.165, 1.54) is 18.4 Å². The van der Waals surface area contributed by atoms with Crippen LogP contribution in [0.15, 0.2) is 42.1 Å². The highest BCUT2D eigenvalue weighted by Crippen LogP contribution is 2.55. The minimum absolute atomic E-state index is 0.0314. The molecule has 10 atom stereocenters. The van der Waals surface area contributed by atoms with Gasteiger partial charge in [0.1, 0.15) is 23.5 Å². The molecule has 0 amide bonds. The lowest BCUT2D eigenvalue weighted by Gasteiger charge is -2.34. The number of methoxy groups -OCH3 is 1. The molecule has 3 heterocycles. The first-order chi connectivity index (χ1) is 19.6. The van der Waals surface area contributed by atoms with Gasteiger partial charge in [-0.15, -0.1) is 0 Å². The quantitative estimate of drug-likeness (QED) is 0.266. The number of aromatic nitrogens is 1. The normalized spacial score (nSPS) is 40.0. The van der Waals surface area contributed by atoms with Gasteiger partial charge < -0.3 is 34.4 Å². The Morgan fingerprint density at radius 3 is 2.66 bits per heavy atom. The van der Waals surface area contributed by atoms with Crippen LogP contribution in [0.1, 0.15) is 76.7 Å². The molecule has 41 heavy (non-hydrogen) atoms. The van der Waals surface area contributed by atoms with Crippen LogP contribution in [0.3, 0.4) is 0 Å². The van der Waals surface area contributed by atoms with Gasteiger partial charge in [-0.2, -0.15) is 0 Å². The molecule has 6 unspecified atom stereocenters. The third kappa shape index (κ3) is 6.48. The highest BCUT2D eigenvalue weighted by atomic mass is 16.6. The van der Waals surface area contributed by atoms with E-state index in [4.69, 9.17) is 18.9 Å². The molecule has 1 saturated heterocycles. The Kier molecular flexibility index (Phi) is 9.09. The number of carbonyl (C=O) groups is 2. The SMILES string of the molecule is CO[C@H]1CC2C=CC[C@@H]3OC23/C(C)=C/C(C)C(C(C)NC2CC2)OC1=O.C[C@@H]1C(O)CC[C@@H]1OC(=O)c1ccc[nH]1. The molecule has 2 aliphatic heterocycles. The van der Waals surface area contributed by atoms with E-state index < -0.39 is 6.10 Å². The van der Waals surface area contributed by atoms with Crippen LogP contribution in [0.25, 0.3) is 0 Å². The average Bonchev–Trinajstić information content (AvgIpc) is 3.83. The summed E-state index contributed by atoms with van der Waals surface area (Å²) in [7, 11) is 1.59. The van der Waals surface area contributed by atoms with Crippen LogP contribution in [-0.4, -0.2) is 77.3 Å². The Labute approximate surface area is 243 Å². The number of hydrogen-bond acceptors (Lipinski definition) is 8. The van der Waals surface area contributed by atoms with Gasteiger partial charge in [0.2, 0.25) is 0 Å². The molecule has 0 radical (unpaired) electrons. The fraction of sp³-hybridized carbons (Fsp3) is 0.688. The summed E-state index contributed by atoms with van der Waals surface area (Å²) in [5, 5.41) is 13.1. The van der Waals surface area contributed by atoms with E-state index in [0.717, 1.165) is 12.8 Å². The zero-order valence-corrected chi connectivity index (χ0v) is 24.9. The number of hydrogen-bond donors (Lipinski definition) is 3. The fourth-order valence-electron chi connectivity index (χ4n) is 6.82. The van der Waals surface area contributed by atoms with Gasteiger partial charge in [-0.05, 0) is 70.1 Å². The minimum Gasteiger partial charge on any atom is -0.458 e. The van der Waals surface area contributed by atoms with E-state index in [2.05, 4.69) is 49.3 Å². The Morgan fingerprint density at radius 1 is 1.24 bits per heavy atom. The Morgan fingerprint density at radius 2 is 2.02 bits per heavy atom. The first kappa shape index (κ1) is 30.0. The predicted molar refractivity (Wildman–Crippen MR) is 153 cm³/mol. The molecule has 2 saturated carbocycles. The fourth-order valence-corrected chi connectivity index (χ4v) is 6.82. The van der Waals surface area contributed by atoms with E-state index in [-0.39, 0.29) is 65.8 Å². The number of ether oxygens (including phenoxy) is 4. The summed E-state index contributed by atoms with van der Waals surface area (Å²) in [4.78, 5) is 27.2. The molecule has 226 valence electrons. The molecule has 1 spiro atoms. The summed E-state index contributed by atoms with van der Waals surface area (Å²) < 4.78 is 23.0. The number of aliphatic hydroxyl groups excluding tert-OH is 1. The lowest BCUT2D eigenvalue weighted by Crippen LogP contribution is -2.47. The van der Waals surface area contributed by atoms with Gasteiger partial charge in [0.05, 0.1) is 12.2 Å². The molecule has 0 aromatic carbocycles. The third-order valence-electron chi connectivity index (χ3n) is 9.53. The van der Waals surface area contributed by atoms with Crippen molar-refractivity contribution in [2.24, 2.45) is 17.8 Å². The minimum atomic E-state index is -0.557. The number of H-pyrrole nitrogens is 1. The van der Waals surface area contributed by atoms with E-state index in [0.29, 0.717) is 24.6 Å². The summed E-state index contributed by atoms with van der Waals surface area (Å²) >= 11 is 0. The zero-order valence-electron chi connectivity index (χ0n) is 24.9. The molecule has 3 fully saturated rings. The van der Waals surface area contributed by atoms with Gasteiger partial charge >= 0.3 is 11.9 Å². The van der Waals surface area contributed by atoms with Crippen LogP contribution in [0.2, 0.25) is 0 Å². The van der Waals surface area contributed by atoms with Crippen molar-refractivity contribution in [1.82, 2.24) is 10.3 Å². The van der Waals surface area contributed by atoms with Crippen molar-refractivity contribution in [3.8, 4) is 0 Å². The van der Waals surface area contributed by atoms with Gasteiger partial charge in [-0.1, -0.05) is 32.1 Å². The van der Waals surface area contributed by atoms with E-state index in [1.807, 2.05) is 6.92 Å². The van der Waals surface area contributed by atoms with Crippen LogP contribution >= 0.6 is 0 Å². The topological polar surface area (TPSA) is 122 Å². The molecule has 1 aromatic rings. The highest BCUT2D eigenvalue weighted by molar-refractivity contribution is 5.87. The number of cyclic esters (lactones) is 1. The van der Waals surface area contributed by atoms with Crippen molar-refractivity contribution in [2.75, 3.05) is 7.11 Å². The van der Waals surface area contributed by atoms with Gasteiger partial charge in [0.15, 0.2) is 6.10 Å². The largest absolute Gasteiger partial charge is 0.458 e. The molecular formula is C32H46N2O7. The molecule has 5 aliphatic rings. The van der Waals surface area contributed by atoms with E-state index >= 15 is 0 Å². The van der Waals surface area contributed by atoms with Crippen LogP contribution in [0.4, 0.5) is 0 Å². The summed E-state index contributed by atoms with van der Waals surface area (Å²) in [6, 6.07) is 4.11. The first-order valence-corrected chi connectivity index (χ1v) is 15.2. The van der Waals surface area contributed by atoms with Crippen LogP contribution < -0.4 is 5.32 Å². The second-order valence-electron chi connectivity index (χ2n) is 12.5. The van der Waals surface area contributed by atoms with Crippen molar-refractivity contribution in [2.45, 2.75) is 114 Å². The molecule has 3 N–H and O–H groups in total. The maximum absolute atomic E-state index is 12.8. The first-order valence-electron chi connectivity index (χ1n) is 15.2.